The summed E-state index contributed by atoms with van der Waals surface area (Å²) in [5.41, 5.74) is 7.49. The zero-order chi connectivity index (χ0) is 15.3. The second kappa shape index (κ2) is 4.81. The summed E-state index contributed by atoms with van der Waals surface area (Å²) < 4.78 is 25.8. The maximum atomic E-state index is 11.9. The molecule has 21 heavy (non-hydrogen) atoms. The summed E-state index contributed by atoms with van der Waals surface area (Å²) in [5.74, 6) is 0.799. The molecule has 0 saturated heterocycles. The normalized spacial score (nSPS) is 19.0. The lowest BCUT2D eigenvalue weighted by molar-refractivity contribution is 0.282. The number of imidazole rings is 1. The molecule has 114 valence electrons. The van der Waals surface area contributed by atoms with Crippen LogP contribution in [-0.2, 0) is 22.4 Å². The van der Waals surface area contributed by atoms with Crippen LogP contribution in [0, 0.1) is 0 Å². The van der Waals surface area contributed by atoms with E-state index in [1.807, 2.05) is 17.7 Å². The lowest BCUT2D eigenvalue weighted by atomic mass is 9.82. The van der Waals surface area contributed by atoms with Crippen LogP contribution in [-0.4, -0.2) is 24.2 Å². The number of nitrogens with zero attached hydrogens (tertiary/aromatic N) is 2. The predicted octanol–water partition coefficient (Wildman–Crippen LogP) is 2.09. The summed E-state index contributed by atoms with van der Waals surface area (Å²) in [6.07, 6.45) is 6.42. The second-order valence-corrected chi connectivity index (χ2v) is 8.09. The standard InChI is InChI=1S/C15H21N3O2S/c1-18-11-7-6-8-12(21(2,19)20)13(11)17-14(18)15(16)9-4-3-5-10-15/h6-8H,3-5,9-10,16H2,1-2H3. The van der Waals surface area contributed by atoms with Gasteiger partial charge < -0.3 is 10.3 Å². The highest BCUT2D eigenvalue weighted by Gasteiger charge is 2.34. The summed E-state index contributed by atoms with van der Waals surface area (Å²) in [7, 11) is -1.38. The van der Waals surface area contributed by atoms with E-state index in [1.165, 1.54) is 12.7 Å². The Morgan fingerprint density at radius 1 is 1.24 bits per heavy atom. The number of rotatable bonds is 2. The maximum absolute atomic E-state index is 11.9. The number of fused-ring (bicyclic) bond motifs is 1. The first-order valence-corrected chi connectivity index (χ1v) is 9.17. The Bertz CT molecular complexity index is 787. The number of hydrogen-bond donors (Lipinski definition) is 1. The van der Waals surface area contributed by atoms with E-state index >= 15 is 0 Å². The number of sulfone groups is 1. The van der Waals surface area contributed by atoms with Crippen LogP contribution in [0.2, 0.25) is 0 Å². The highest BCUT2D eigenvalue weighted by atomic mass is 32.2. The topological polar surface area (TPSA) is 78.0 Å². The Morgan fingerprint density at radius 3 is 2.52 bits per heavy atom. The lowest BCUT2D eigenvalue weighted by Gasteiger charge is -2.32. The van der Waals surface area contributed by atoms with E-state index in [2.05, 4.69) is 4.98 Å². The average molecular weight is 307 g/mol. The third-order valence-electron chi connectivity index (χ3n) is 4.47. The molecule has 5 nitrogen and oxygen atoms in total. The molecule has 1 aromatic heterocycles. The smallest absolute Gasteiger partial charge is 0.177 e. The lowest BCUT2D eigenvalue weighted by Crippen LogP contribution is -2.41. The second-order valence-electron chi connectivity index (χ2n) is 6.11. The van der Waals surface area contributed by atoms with Gasteiger partial charge in [-0.05, 0) is 25.0 Å². The minimum absolute atomic E-state index is 0.279. The van der Waals surface area contributed by atoms with Gasteiger partial charge in [-0.15, -0.1) is 0 Å². The molecule has 0 amide bonds. The number of hydrogen-bond acceptors (Lipinski definition) is 4. The predicted molar refractivity (Wildman–Crippen MR) is 82.8 cm³/mol. The molecule has 1 heterocycles. The van der Waals surface area contributed by atoms with Gasteiger partial charge in [-0.2, -0.15) is 0 Å². The molecule has 0 aliphatic heterocycles. The number of para-hydroxylation sites is 1. The number of nitrogens with two attached hydrogens (primary N) is 1. The molecule has 2 aromatic rings. The molecule has 1 fully saturated rings. The molecular formula is C15H21N3O2S. The van der Waals surface area contributed by atoms with Gasteiger partial charge in [0.25, 0.3) is 0 Å². The summed E-state index contributed by atoms with van der Waals surface area (Å²) in [4.78, 5) is 4.91. The van der Waals surface area contributed by atoms with Crippen molar-refractivity contribution in [3.8, 4) is 0 Å². The SMILES string of the molecule is Cn1c(C2(N)CCCCC2)nc2c(S(C)(=O)=O)cccc21. The van der Waals surface area contributed by atoms with E-state index in [0.29, 0.717) is 5.52 Å². The van der Waals surface area contributed by atoms with Crippen LogP contribution in [0.3, 0.4) is 0 Å². The van der Waals surface area contributed by atoms with Gasteiger partial charge in [0.1, 0.15) is 11.3 Å². The maximum Gasteiger partial charge on any atom is 0.177 e. The Morgan fingerprint density at radius 2 is 1.90 bits per heavy atom. The molecule has 0 atom stereocenters. The fourth-order valence-corrected chi connectivity index (χ4v) is 4.17. The Labute approximate surface area is 125 Å². The van der Waals surface area contributed by atoms with Gasteiger partial charge in [0.15, 0.2) is 9.84 Å². The van der Waals surface area contributed by atoms with Crippen LogP contribution in [0.5, 0.6) is 0 Å². The van der Waals surface area contributed by atoms with Crippen molar-refractivity contribution in [3.63, 3.8) is 0 Å². The summed E-state index contributed by atoms with van der Waals surface area (Å²) >= 11 is 0. The van der Waals surface area contributed by atoms with E-state index in [-0.39, 0.29) is 4.90 Å². The molecule has 1 aliphatic carbocycles. The van der Waals surface area contributed by atoms with Crippen LogP contribution in [0.4, 0.5) is 0 Å². The van der Waals surface area contributed by atoms with Crippen molar-refractivity contribution in [2.75, 3.05) is 6.26 Å². The molecule has 0 unspecified atom stereocenters. The van der Waals surface area contributed by atoms with Crippen molar-refractivity contribution in [3.05, 3.63) is 24.0 Å². The van der Waals surface area contributed by atoms with Crippen molar-refractivity contribution in [2.24, 2.45) is 12.8 Å². The van der Waals surface area contributed by atoms with Crippen molar-refractivity contribution in [2.45, 2.75) is 42.5 Å². The fraction of sp³-hybridized carbons (Fsp3) is 0.533. The van der Waals surface area contributed by atoms with Crippen LogP contribution in [0.15, 0.2) is 23.1 Å². The molecular weight excluding hydrogens is 286 g/mol. The largest absolute Gasteiger partial charge is 0.330 e. The minimum Gasteiger partial charge on any atom is -0.330 e. The molecule has 3 rings (SSSR count). The molecule has 6 heteroatoms. The van der Waals surface area contributed by atoms with Crippen molar-refractivity contribution >= 4 is 20.9 Å². The van der Waals surface area contributed by atoms with Crippen molar-refractivity contribution in [1.29, 1.82) is 0 Å². The van der Waals surface area contributed by atoms with E-state index < -0.39 is 15.4 Å². The third-order valence-corrected chi connectivity index (χ3v) is 5.59. The van der Waals surface area contributed by atoms with Gasteiger partial charge in [0.2, 0.25) is 0 Å². The highest BCUT2D eigenvalue weighted by Crippen LogP contribution is 2.36. The molecule has 0 radical (unpaired) electrons. The quantitative estimate of drug-likeness (QED) is 0.921. The summed E-state index contributed by atoms with van der Waals surface area (Å²) in [6, 6.07) is 5.26. The molecule has 1 aromatic carbocycles. The van der Waals surface area contributed by atoms with E-state index in [1.54, 1.807) is 12.1 Å². The number of aromatic nitrogens is 2. The summed E-state index contributed by atoms with van der Waals surface area (Å²) in [5, 5.41) is 0. The van der Waals surface area contributed by atoms with Gasteiger partial charge in [-0.25, -0.2) is 13.4 Å². The van der Waals surface area contributed by atoms with E-state index in [0.717, 1.165) is 37.0 Å². The Kier molecular flexibility index (Phi) is 3.33. The molecule has 1 saturated carbocycles. The first-order valence-electron chi connectivity index (χ1n) is 7.28. The molecule has 0 spiro atoms. The first kappa shape index (κ1) is 14.5. The average Bonchev–Trinajstić information content (AvgIpc) is 2.77. The monoisotopic (exact) mass is 307 g/mol. The molecule has 1 aliphatic rings. The molecule has 2 N–H and O–H groups in total. The summed E-state index contributed by atoms with van der Waals surface area (Å²) in [6.45, 7) is 0. The minimum atomic E-state index is -3.30. The number of benzene rings is 1. The Balaban J connectivity index is 2.25. The van der Waals surface area contributed by atoms with Crippen molar-refractivity contribution < 1.29 is 8.42 Å². The van der Waals surface area contributed by atoms with Gasteiger partial charge in [0, 0.05) is 13.3 Å². The molecule has 0 bridgehead atoms. The van der Waals surface area contributed by atoms with Crippen LogP contribution in [0.25, 0.3) is 11.0 Å². The fourth-order valence-electron chi connectivity index (χ4n) is 3.34. The van der Waals surface area contributed by atoms with E-state index in [9.17, 15) is 8.42 Å². The zero-order valence-corrected chi connectivity index (χ0v) is 13.3. The van der Waals surface area contributed by atoms with Crippen molar-refractivity contribution in [1.82, 2.24) is 9.55 Å². The highest BCUT2D eigenvalue weighted by molar-refractivity contribution is 7.91. The Hall–Kier alpha value is -1.40. The van der Waals surface area contributed by atoms with Gasteiger partial charge in [-0.3, -0.25) is 0 Å². The third kappa shape index (κ3) is 2.36. The zero-order valence-electron chi connectivity index (χ0n) is 12.5. The van der Waals surface area contributed by atoms with Crippen LogP contribution >= 0.6 is 0 Å². The van der Waals surface area contributed by atoms with Gasteiger partial charge >= 0.3 is 0 Å². The van der Waals surface area contributed by atoms with Crippen LogP contribution in [0.1, 0.15) is 37.9 Å². The number of aryl methyl sites for hydroxylation is 1. The van der Waals surface area contributed by atoms with Gasteiger partial charge in [0.05, 0.1) is 16.0 Å². The van der Waals surface area contributed by atoms with Gasteiger partial charge in [-0.1, -0.05) is 25.3 Å². The van der Waals surface area contributed by atoms with E-state index in [4.69, 9.17) is 5.73 Å². The first-order chi connectivity index (χ1) is 9.83. The van der Waals surface area contributed by atoms with Crippen LogP contribution < -0.4 is 5.73 Å².